The van der Waals surface area contributed by atoms with Gasteiger partial charge in [0.05, 0.1) is 0 Å². The molecule has 0 aromatic heterocycles. The summed E-state index contributed by atoms with van der Waals surface area (Å²) in [5, 5.41) is 4.92. The lowest BCUT2D eigenvalue weighted by Gasteiger charge is -2.15. The number of hydrogen-bond donors (Lipinski definition) is 1. The van der Waals surface area contributed by atoms with E-state index in [1.165, 1.54) is 6.92 Å². The van der Waals surface area contributed by atoms with E-state index in [9.17, 15) is 9.59 Å². The highest BCUT2D eigenvalue weighted by atomic mass is 16.5. The summed E-state index contributed by atoms with van der Waals surface area (Å²) in [4.78, 5) is 24.8. The second kappa shape index (κ2) is 8.57. The molecule has 0 fully saturated rings. The van der Waals surface area contributed by atoms with Gasteiger partial charge in [0.1, 0.15) is 5.75 Å². The molecule has 0 spiro atoms. The van der Waals surface area contributed by atoms with E-state index in [0.29, 0.717) is 12.3 Å². The molecule has 0 aliphatic heterocycles. The number of nitrogens with zero attached hydrogens (tertiary/aromatic N) is 1. The Kier molecular flexibility index (Phi) is 5.94. The maximum atomic E-state index is 11.9. The Labute approximate surface area is 164 Å². The molecule has 5 nitrogen and oxygen atoms in total. The van der Waals surface area contributed by atoms with Crippen molar-refractivity contribution in [2.24, 2.45) is 0 Å². The van der Waals surface area contributed by atoms with Gasteiger partial charge in [-0.05, 0) is 59.2 Å². The number of rotatable bonds is 6. The highest BCUT2D eigenvalue weighted by Crippen LogP contribution is 2.28. The third-order valence-corrected chi connectivity index (χ3v) is 4.59. The van der Waals surface area contributed by atoms with Crippen molar-refractivity contribution in [1.82, 2.24) is 4.90 Å². The van der Waals surface area contributed by atoms with Crippen LogP contribution < -0.4 is 10.1 Å². The monoisotopic (exact) mass is 376 g/mol. The number of benzene rings is 3. The van der Waals surface area contributed by atoms with Gasteiger partial charge in [0.2, 0.25) is 5.91 Å². The van der Waals surface area contributed by atoms with Gasteiger partial charge in [-0.2, -0.15) is 0 Å². The number of anilines is 1. The summed E-state index contributed by atoms with van der Waals surface area (Å²) >= 11 is 0. The van der Waals surface area contributed by atoms with Crippen molar-refractivity contribution in [3.63, 3.8) is 0 Å². The SMILES string of the molecule is CCN(C)C(=O)COc1ccc2cc(-c3cccc(NC(C)=O)c3)ccc2c1. The summed E-state index contributed by atoms with van der Waals surface area (Å²) in [7, 11) is 1.76. The molecule has 2 amide bonds. The van der Waals surface area contributed by atoms with E-state index in [-0.39, 0.29) is 18.4 Å². The first-order valence-corrected chi connectivity index (χ1v) is 9.25. The summed E-state index contributed by atoms with van der Waals surface area (Å²) in [6.07, 6.45) is 0. The van der Waals surface area contributed by atoms with Gasteiger partial charge in [0.15, 0.2) is 6.61 Å². The fourth-order valence-electron chi connectivity index (χ4n) is 2.90. The lowest BCUT2D eigenvalue weighted by atomic mass is 10.0. The van der Waals surface area contributed by atoms with Crippen LogP contribution in [0.25, 0.3) is 21.9 Å². The number of hydrogen-bond acceptors (Lipinski definition) is 3. The molecule has 0 aliphatic carbocycles. The van der Waals surface area contributed by atoms with Gasteiger partial charge in [0.25, 0.3) is 5.91 Å². The summed E-state index contributed by atoms with van der Waals surface area (Å²) in [5.74, 6) is 0.537. The second-order valence-electron chi connectivity index (χ2n) is 6.68. The summed E-state index contributed by atoms with van der Waals surface area (Å²) in [6.45, 7) is 4.11. The van der Waals surface area contributed by atoms with E-state index in [1.807, 2.05) is 61.5 Å². The van der Waals surface area contributed by atoms with E-state index in [2.05, 4.69) is 11.4 Å². The maximum absolute atomic E-state index is 11.9. The first-order chi connectivity index (χ1) is 13.5. The van der Waals surface area contributed by atoms with Crippen LogP contribution in [0.15, 0.2) is 60.7 Å². The zero-order valence-electron chi connectivity index (χ0n) is 16.4. The van der Waals surface area contributed by atoms with Crippen LogP contribution in [-0.4, -0.2) is 36.9 Å². The molecule has 0 heterocycles. The Hall–Kier alpha value is -3.34. The van der Waals surface area contributed by atoms with Crippen molar-refractivity contribution in [2.45, 2.75) is 13.8 Å². The molecule has 0 atom stereocenters. The van der Waals surface area contributed by atoms with Crippen molar-refractivity contribution < 1.29 is 14.3 Å². The predicted octanol–water partition coefficient (Wildman–Crippen LogP) is 4.32. The molecule has 3 aromatic rings. The molecule has 5 heteroatoms. The Morgan fingerprint density at radius 2 is 1.68 bits per heavy atom. The van der Waals surface area contributed by atoms with Gasteiger partial charge in [-0.1, -0.05) is 30.3 Å². The largest absolute Gasteiger partial charge is 0.484 e. The predicted molar refractivity (Wildman–Crippen MR) is 112 cm³/mol. The molecule has 1 N–H and O–H groups in total. The quantitative estimate of drug-likeness (QED) is 0.697. The summed E-state index contributed by atoms with van der Waals surface area (Å²) in [6, 6.07) is 19.7. The van der Waals surface area contributed by atoms with Gasteiger partial charge < -0.3 is 15.0 Å². The van der Waals surface area contributed by atoms with Crippen molar-refractivity contribution in [1.29, 1.82) is 0 Å². The Balaban J connectivity index is 1.79. The van der Waals surface area contributed by atoms with Crippen LogP contribution in [0.1, 0.15) is 13.8 Å². The molecule has 3 rings (SSSR count). The fraction of sp³-hybridized carbons (Fsp3) is 0.217. The molecular formula is C23H24N2O3. The number of amides is 2. The molecule has 28 heavy (non-hydrogen) atoms. The number of carbonyl (C=O) groups is 2. The van der Waals surface area contributed by atoms with Crippen LogP contribution in [0.5, 0.6) is 5.75 Å². The number of carbonyl (C=O) groups excluding carboxylic acids is 2. The maximum Gasteiger partial charge on any atom is 0.260 e. The average molecular weight is 376 g/mol. The van der Waals surface area contributed by atoms with Crippen LogP contribution in [-0.2, 0) is 9.59 Å². The minimum Gasteiger partial charge on any atom is -0.484 e. The third kappa shape index (κ3) is 4.68. The molecule has 144 valence electrons. The zero-order valence-corrected chi connectivity index (χ0v) is 16.4. The van der Waals surface area contributed by atoms with Crippen molar-refractivity contribution >= 4 is 28.3 Å². The van der Waals surface area contributed by atoms with Crippen LogP contribution in [0.4, 0.5) is 5.69 Å². The topological polar surface area (TPSA) is 58.6 Å². The van der Waals surface area contributed by atoms with Gasteiger partial charge in [-0.15, -0.1) is 0 Å². The van der Waals surface area contributed by atoms with Crippen molar-refractivity contribution in [3.05, 3.63) is 60.7 Å². The lowest BCUT2D eigenvalue weighted by molar-refractivity contribution is -0.131. The molecule has 3 aromatic carbocycles. The van der Waals surface area contributed by atoms with Crippen LogP contribution in [0, 0.1) is 0 Å². The first kappa shape index (κ1) is 19.4. The fourth-order valence-corrected chi connectivity index (χ4v) is 2.90. The van der Waals surface area contributed by atoms with Crippen molar-refractivity contribution in [2.75, 3.05) is 25.5 Å². The van der Waals surface area contributed by atoms with E-state index in [4.69, 9.17) is 4.74 Å². The van der Waals surface area contributed by atoms with Gasteiger partial charge in [-0.25, -0.2) is 0 Å². The average Bonchev–Trinajstić information content (AvgIpc) is 2.70. The van der Waals surface area contributed by atoms with Crippen molar-refractivity contribution in [3.8, 4) is 16.9 Å². The summed E-state index contributed by atoms with van der Waals surface area (Å²) < 4.78 is 5.64. The second-order valence-corrected chi connectivity index (χ2v) is 6.68. The molecule has 0 saturated carbocycles. The Morgan fingerprint density at radius 1 is 0.964 bits per heavy atom. The first-order valence-electron chi connectivity index (χ1n) is 9.25. The molecule has 0 radical (unpaired) electrons. The smallest absolute Gasteiger partial charge is 0.260 e. The minimum absolute atomic E-state index is 0.0316. The van der Waals surface area contributed by atoms with Crippen LogP contribution in [0.3, 0.4) is 0 Å². The van der Waals surface area contributed by atoms with Gasteiger partial charge in [-0.3, -0.25) is 9.59 Å². The van der Waals surface area contributed by atoms with Crippen LogP contribution in [0.2, 0.25) is 0 Å². The van der Waals surface area contributed by atoms with Gasteiger partial charge in [0, 0.05) is 26.2 Å². The highest BCUT2D eigenvalue weighted by molar-refractivity contribution is 5.91. The molecule has 0 unspecified atom stereocenters. The van der Waals surface area contributed by atoms with E-state index in [0.717, 1.165) is 27.6 Å². The van der Waals surface area contributed by atoms with E-state index >= 15 is 0 Å². The van der Waals surface area contributed by atoms with Crippen LogP contribution >= 0.6 is 0 Å². The minimum atomic E-state index is -0.0909. The number of fused-ring (bicyclic) bond motifs is 1. The number of nitrogens with one attached hydrogen (secondary N) is 1. The standard InChI is InChI=1S/C23H24N2O3/c1-4-25(3)23(27)15-28-22-11-10-19-12-18(8-9-20(19)14-22)17-6-5-7-21(13-17)24-16(2)26/h5-14H,4,15H2,1-3H3,(H,24,26). The Bertz CT molecular complexity index is 1010. The molecular weight excluding hydrogens is 352 g/mol. The zero-order chi connectivity index (χ0) is 20.1. The normalized spacial score (nSPS) is 10.5. The van der Waals surface area contributed by atoms with E-state index in [1.54, 1.807) is 11.9 Å². The lowest BCUT2D eigenvalue weighted by Crippen LogP contribution is -2.31. The summed E-state index contributed by atoms with van der Waals surface area (Å²) in [5.41, 5.74) is 2.87. The molecule has 0 bridgehead atoms. The van der Waals surface area contributed by atoms with Gasteiger partial charge >= 0.3 is 0 Å². The molecule has 0 aliphatic rings. The highest BCUT2D eigenvalue weighted by Gasteiger charge is 2.08. The molecule has 0 saturated heterocycles. The third-order valence-electron chi connectivity index (χ3n) is 4.59. The number of likely N-dealkylation sites (N-methyl/N-ethyl adjacent to an activating group) is 1. The Morgan fingerprint density at radius 3 is 2.43 bits per heavy atom. The number of ether oxygens (including phenoxy) is 1. The van der Waals surface area contributed by atoms with E-state index < -0.39 is 0 Å².